The number of hydrogen-bond donors (Lipinski definition) is 4. The lowest BCUT2D eigenvalue weighted by Gasteiger charge is -2.17. The summed E-state index contributed by atoms with van der Waals surface area (Å²) in [6, 6.07) is 20.6. The zero-order valence-corrected chi connectivity index (χ0v) is 31.6. The number of phenolic OH excluding ortho intramolecular Hbond substituents is 1. The van der Waals surface area contributed by atoms with Crippen molar-refractivity contribution in [1.82, 2.24) is 15.0 Å². The van der Waals surface area contributed by atoms with Gasteiger partial charge in [0, 0.05) is 16.7 Å². The van der Waals surface area contributed by atoms with E-state index >= 15 is 0 Å². The third-order valence-electron chi connectivity index (χ3n) is 8.41. The predicted octanol–water partition coefficient (Wildman–Crippen LogP) is 7.92. The van der Waals surface area contributed by atoms with E-state index in [4.69, 9.17) is 11.6 Å². The van der Waals surface area contributed by atoms with Crippen LogP contribution in [0.1, 0.15) is 44.0 Å². The molecule has 0 aliphatic heterocycles. The Bertz CT molecular complexity index is 2820. The monoisotopic (exact) mass is 810 g/mol. The van der Waals surface area contributed by atoms with Crippen LogP contribution in [0.4, 0.5) is 23.0 Å². The Morgan fingerprint density at radius 3 is 2.17 bits per heavy atom. The minimum atomic E-state index is -4.78. The second-order valence-corrected chi connectivity index (χ2v) is 17.3. The Morgan fingerprint density at radius 1 is 0.759 bits per heavy atom. The first-order valence-corrected chi connectivity index (χ1v) is 21.1. The number of aromatic hydroxyl groups is 1. The average Bonchev–Trinajstić information content (AvgIpc) is 3.10. The average molecular weight is 811 g/mol. The number of fused-ring (bicyclic) bond motifs is 2. The lowest BCUT2D eigenvalue weighted by molar-refractivity contribution is 0.480. The first-order chi connectivity index (χ1) is 25.5. The molecule has 0 spiro atoms. The van der Waals surface area contributed by atoms with Crippen molar-refractivity contribution in [3.63, 3.8) is 0 Å². The van der Waals surface area contributed by atoms with Gasteiger partial charge in [-0.3, -0.25) is 9.11 Å². The number of sulfone groups is 1. The Labute approximate surface area is 315 Å². The van der Waals surface area contributed by atoms with Crippen LogP contribution in [0, 0.1) is 0 Å². The van der Waals surface area contributed by atoms with Crippen molar-refractivity contribution < 1.29 is 39.5 Å². The normalized spacial score (nSPS) is 13.1. The van der Waals surface area contributed by atoms with Crippen LogP contribution in [0.3, 0.4) is 0 Å². The Hall–Kier alpha value is -5.11. The molecule has 0 aliphatic carbocycles. The summed E-state index contributed by atoms with van der Waals surface area (Å²) in [5.41, 5.74) is 0.0749. The quantitative estimate of drug-likeness (QED) is 0.0679. The summed E-state index contributed by atoms with van der Waals surface area (Å²) >= 11 is 6.34. The van der Waals surface area contributed by atoms with Gasteiger partial charge in [0.25, 0.3) is 20.2 Å². The molecule has 0 saturated carbocycles. The maximum absolute atomic E-state index is 12.8. The highest BCUT2D eigenvalue weighted by Gasteiger charge is 2.24. The third kappa shape index (κ3) is 8.03. The maximum Gasteiger partial charge on any atom is 0.297 e. The molecular weight excluding hydrogens is 780 g/mol. The molecule has 5 aromatic carbocycles. The number of azo groups is 1. The van der Waals surface area contributed by atoms with Crippen molar-refractivity contribution in [3.05, 3.63) is 102 Å². The molecule has 19 heteroatoms. The predicted molar refractivity (Wildman–Crippen MR) is 202 cm³/mol. The molecule has 0 aliphatic rings. The van der Waals surface area contributed by atoms with Crippen molar-refractivity contribution in [1.29, 1.82) is 0 Å². The molecule has 15 nitrogen and oxygen atoms in total. The van der Waals surface area contributed by atoms with Crippen LogP contribution in [-0.4, -0.2) is 60.2 Å². The summed E-state index contributed by atoms with van der Waals surface area (Å²) in [7, 11) is -13.1. The molecule has 0 saturated heterocycles. The standard InChI is InChI=1S/C35H31ClN6O9S3/c1-3-16-52(44,45)23-10-7-9-21(17-23)25(4-2)33-38-34(36)40-35(39-33)37-29-19-24(53(46,47)48)18-22-13-14-27(31(43)30(22)29)41-42-28-15-12-20-8-5-6-11-26(20)32(28)54(49,50)51/h5-15,17-19,25,43H,3-4,16H2,1-2H3,(H,46,47,48)(H,49,50,51)(H,37,38,39,40)/b42-41+. The molecule has 54 heavy (non-hydrogen) atoms. The van der Waals surface area contributed by atoms with Gasteiger partial charge in [-0.1, -0.05) is 62.4 Å². The topological polar surface area (TPSA) is 239 Å². The molecule has 1 unspecified atom stereocenters. The molecule has 4 N–H and O–H groups in total. The van der Waals surface area contributed by atoms with Crippen LogP contribution in [0.15, 0.2) is 110 Å². The van der Waals surface area contributed by atoms with Crippen LogP contribution >= 0.6 is 11.6 Å². The summed E-state index contributed by atoms with van der Waals surface area (Å²) in [6.45, 7) is 3.61. The van der Waals surface area contributed by atoms with Crippen LogP contribution in [0.5, 0.6) is 5.75 Å². The van der Waals surface area contributed by atoms with Crippen molar-refractivity contribution in [2.45, 2.75) is 47.3 Å². The van der Waals surface area contributed by atoms with Crippen LogP contribution in [0.25, 0.3) is 21.5 Å². The van der Waals surface area contributed by atoms with Crippen molar-refractivity contribution in [2.75, 3.05) is 11.1 Å². The lowest BCUT2D eigenvalue weighted by atomic mass is 9.96. The summed E-state index contributed by atoms with van der Waals surface area (Å²) < 4.78 is 95.0. The number of rotatable bonds is 12. The van der Waals surface area contributed by atoms with Crippen molar-refractivity contribution in [3.8, 4) is 5.75 Å². The minimum absolute atomic E-state index is 0.0219. The molecule has 0 amide bonds. The summed E-state index contributed by atoms with van der Waals surface area (Å²) in [5, 5.41) is 23.0. The summed E-state index contributed by atoms with van der Waals surface area (Å²) in [4.78, 5) is 12.0. The van der Waals surface area contributed by atoms with Crippen LogP contribution in [-0.2, 0) is 30.1 Å². The smallest absolute Gasteiger partial charge is 0.297 e. The number of anilines is 2. The van der Waals surface area contributed by atoms with E-state index in [1.807, 2.05) is 6.92 Å². The molecule has 280 valence electrons. The van der Waals surface area contributed by atoms with Gasteiger partial charge in [-0.15, -0.1) is 10.2 Å². The number of halogens is 1. The third-order valence-corrected chi connectivity index (χ3v) is 12.3. The van der Waals surface area contributed by atoms with E-state index in [9.17, 15) is 39.5 Å². The second-order valence-electron chi connectivity index (χ2n) is 12.1. The van der Waals surface area contributed by atoms with Gasteiger partial charge in [0.1, 0.15) is 22.1 Å². The van der Waals surface area contributed by atoms with Gasteiger partial charge < -0.3 is 10.4 Å². The lowest BCUT2D eigenvalue weighted by Crippen LogP contribution is -2.11. The molecule has 1 aromatic heterocycles. The van der Waals surface area contributed by atoms with Gasteiger partial charge in [0.05, 0.1) is 21.2 Å². The van der Waals surface area contributed by atoms with Crippen LogP contribution in [0.2, 0.25) is 5.28 Å². The Balaban J connectivity index is 1.45. The number of hydrogen-bond acceptors (Lipinski definition) is 13. The zero-order chi connectivity index (χ0) is 39.0. The van der Waals surface area contributed by atoms with Crippen molar-refractivity contribution in [2.24, 2.45) is 10.2 Å². The molecular formula is C35H31ClN6O9S3. The minimum Gasteiger partial charge on any atom is -0.505 e. The molecule has 0 bridgehead atoms. The fraction of sp³-hybridized carbons (Fsp3) is 0.171. The van der Waals surface area contributed by atoms with Crippen molar-refractivity contribution >= 4 is 86.2 Å². The van der Waals surface area contributed by atoms with E-state index in [1.54, 1.807) is 49.4 Å². The SMILES string of the molecule is CCCS(=O)(=O)c1cccc(C(CC)c2nc(Cl)nc(Nc3cc(S(=O)(=O)O)cc4ccc(/N=N/c5ccc6ccccc6c5S(=O)(=O)O)c(O)c34)n2)c1. The number of phenols is 1. The molecule has 1 heterocycles. The van der Waals surface area contributed by atoms with Gasteiger partial charge in [0.2, 0.25) is 11.2 Å². The molecule has 0 radical (unpaired) electrons. The molecule has 1 atom stereocenters. The zero-order valence-electron chi connectivity index (χ0n) is 28.4. The van der Waals surface area contributed by atoms with E-state index in [0.29, 0.717) is 23.8 Å². The van der Waals surface area contributed by atoms with Gasteiger partial charge in [-0.2, -0.15) is 26.8 Å². The maximum atomic E-state index is 12.8. The first-order valence-electron chi connectivity index (χ1n) is 16.2. The van der Waals surface area contributed by atoms with E-state index in [1.165, 1.54) is 30.3 Å². The largest absolute Gasteiger partial charge is 0.505 e. The number of nitrogens with zero attached hydrogens (tertiary/aromatic N) is 5. The number of benzene rings is 5. The van der Waals surface area contributed by atoms with Crippen LogP contribution < -0.4 is 5.32 Å². The fourth-order valence-corrected chi connectivity index (χ4v) is 8.92. The molecule has 6 aromatic rings. The highest BCUT2D eigenvalue weighted by Crippen LogP contribution is 2.43. The van der Waals surface area contributed by atoms with Gasteiger partial charge >= 0.3 is 0 Å². The molecule has 6 rings (SSSR count). The highest BCUT2D eigenvalue weighted by molar-refractivity contribution is 7.91. The number of aromatic nitrogens is 3. The van der Waals surface area contributed by atoms with E-state index in [0.717, 1.165) is 12.1 Å². The van der Waals surface area contributed by atoms with E-state index in [-0.39, 0.29) is 60.9 Å². The fourth-order valence-electron chi connectivity index (χ4n) is 6.00. The summed E-state index contributed by atoms with van der Waals surface area (Å²) in [6.07, 6.45) is 0.860. The second kappa shape index (κ2) is 15.0. The number of nitrogens with one attached hydrogen (secondary N) is 1. The van der Waals surface area contributed by atoms with Gasteiger partial charge in [-0.05, 0) is 77.2 Å². The van der Waals surface area contributed by atoms with Gasteiger partial charge in [0.15, 0.2) is 15.6 Å². The van der Waals surface area contributed by atoms with E-state index < -0.39 is 51.5 Å². The highest BCUT2D eigenvalue weighted by atomic mass is 35.5. The van der Waals surface area contributed by atoms with E-state index in [2.05, 4.69) is 30.5 Å². The van der Waals surface area contributed by atoms with Gasteiger partial charge in [-0.25, -0.2) is 13.4 Å². The first kappa shape index (κ1) is 38.6. The molecule has 0 fully saturated rings. The summed E-state index contributed by atoms with van der Waals surface area (Å²) in [5.74, 6) is -1.14. The Morgan fingerprint density at radius 2 is 1.46 bits per heavy atom. The Kier molecular flexibility index (Phi) is 10.7.